The van der Waals surface area contributed by atoms with E-state index in [1.54, 1.807) is 30.3 Å². The van der Waals surface area contributed by atoms with E-state index in [0.29, 0.717) is 11.1 Å². The fourth-order valence-electron chi connectivity index (χ4n) is 2.26. The maximum absolute atomic E-state index is 13.2. The van der Waals surface area contributed by atoms with E-state index < -0.39 is 24.4 Å². The Bertz CT molecular complexity index is 719. The highest BCUT2D eigenvalue weighted by molar-refractivity contribution is 5.77. The SMILES string of the molecule is N#Cc1ccc(CNC(=O)C[C@H](c2ccccc2)C(F)(F)F)cc1. The van der Waals surface area contributed by atoms with Crippen LogP contribution in [0, 0.1) is 11.3 Å². The normalized spacial score (nSPS) is 12.2. The van der Waals surface area contributed by atoms with Crippen LogP contribution in [0.15, 0.2) is 54.6 Å². The molecule has 0 spiro atoms. The Morgan fingerprint density at radius 2 is 1.71 bits per heavy atom. The molecule has 24 heavy (non-hydrogen) atoms. The highest BCUT2D eigenvalue weighted by atomic mass is 19.4. The molecule has 0 fully saturated rings. The Labute approximate surface area is 137 Å². The van der Waals surface area contributed by atoms with Gasteiger partial charge < -0.3 is 5.32 Å². The van der Waals surface area contributed by atoms with Gasteiger partial charge in [0.25, 0.3) is 0 Å². The van der Waals surface area contributed by atoms with E-state index >= 15 is 0 Å². The third kappa shape index (κ3) is 4.85. The topological polar surface area (TPSA) is 52.9 Å². The smallest absolute Gasteiger partial charge is 0.352 e. The number of hydrogen-bond acceptors (Lipinski definition) is 2. The van der Waals surface area contributed by atoms with Crippen molar-refractivity contribution in [2.75, 3.05) is 0 Å². The van der Waals surface area contributed by atoms with Crippen molar-refractivity contribution in [3.63, 3.8) is 0 Å². The number of amides is 1. The maximum Gasteiger partial charge on any atom is 0.396 e. The van der Waals surface area contributed by atoms with Crippen LogP contribution in [0.1, 0.15) is 29.0 Å². The quantitative estimate of drug-likeness (QED) is 0.902. The first-order valence-corrected chi connectivity index (χ1v) is 7.27. The van der Waals surface area contributed by atoms with Crippen LogP contribution >= 0.6 is 0 Å². The number of halogens is 3. The van der Waals surface area contributed by atoms with E-state index in [0.717, 1.165) is 0 Å². The van der Waals surface area contributed by atoms with E-state index in [9.17, 15) is 18.0 Å². The number of nitrogens with zero attached hydrogens (tertiary/aromatic N) is 1. The summed E-state index contributed by atoms with van der Waals surface area (Å²) in [4.78, 5) is 11.9. The molecule has 1 atom stereocenters. The molecule has 0 heterocycles. The summed E-state index contributed by atoms with van der Waals surface area (Å²) >= 11 is 0. The molecule has 0 radical (unpaired) electrons. The van der Waals surface area contributed by atoms with Gasteiger partial charge >= 0.3 is 6.18 Å². The minimum atomic E-state index is -4.49. The summed E-state index contributed by atoms with van der Waals surface area (Å²) in [6.07, 6.45) is -5.16. The molecule has 3 nitrogen and oxygen atoms in total. The predicted molar refractivity (Wildman–Crippen MR) is 82.9 cm³/mol. The van der Waals surface area contributed by atoms with E-state index in [-0.39, 0.29) is 12.1 Å². The van der Waals surface area contributed by atoms with Crippen molar-refractivity contribution < 1.29 is 18.0 Å². The number of alkyl halides is 3. The summed E-state index contributed by atoms with van der Waals surface area (Å²) in [5, 5.41) is 11.2. The molecular weight excluding hydrogens is 317 g/mol. The fraction of sp³-hybridized carbons (Fsp3) is 0.222. The van der Waals surface area contributed by atoms with Crippen LogP contribution < -0.4 is 5.32 Å². The largest absolute Gasteiger partial charge is 0.396 e. The first-order valence-electron chi connectivity index (χ1n) is 7.27. The Morgan fingerprint density at radius 1 is 1.08 bits per heavy atom. The van der Waals surface area contributed by atoms with Gasteiger partial charge in [-0.25, -0.2) is 0 Å². The van der Waals surface area contributed by atoms with Crippen LogP contribution in [0.4, 0.5) is 13.2 Å². The fourth-order valence-corrected chi connectivity index (χ4v) is 2.26. The van der Waals surface area contributed by atoms with Gasteiger partial charge in [0.05, 0.1) is 17.6 Å². The van der Waals surface area contributed by atoms with Crippen molar-refractivity contribution in [1.82, 2.24) is 5.32 Å². The number of carbonyl (C=O) groups excluding carboxylic acids is 1. The second-order valence-corrected chi connectivity index (χ2v) is 5.29. The van der Waals surface area contributed by atoms with Crippen LogP contribution in [0.25, 0.3) is 0 Å². The number of benzene rings is 2. The van der Waals surface area contributed by atoms with Crippen molar-refractivity contribution in [3.8, 4) is 6.07 Å². The van der Waals surface area contributed by atoms with Gasteiger partial charge in [-0.2, -0.15) is 18.4 Å². The molecule has 2 rings (SSSR count). The van der Waals surface area contributed by atoms with Gasteiger partial charge in [-0.05, 0) is 23.3 Å². The van der Waals surface area contributed by atoms with Gasteiger partial charge in [0.15, 0.2) is 0 Å². The molecule has 6 heteroatoms. The lowest BCUT2D eigenvalue weighted by Crippen LogP contribution is -2.30. The van der Waals surface area contributed by atoms with Gasteiger partial charge in [0.1, 0.15) is 0 Å². The minimum Gasteiger partial charge on any atom is -0.352 e. The number of nitrogens with one attached hydrogen (secondary N) is 1. The van der Waals surface area contributed by atoms with E-state index in [1.165, 1.54) is 24.3 Å². The zero-order valence-corrected chi connectivity index (χ0v) is 12.7. The molecule has 1 amide bonds. The van der Waals surface area contributed by atoms with E-state index in [1.807, 2.05) is 6.07 Å². The Kier molecular flexibility index (Phi) is 5.59. The molecule has 0 bridgehead atoms. The summed E-state index contributed by atoms with van der Waals surface area (Å²) in [5.74, 6) is -2.51. The first kappa shape index (κ1) is 17.5. The zero-order valence-electron chi connectivity index (χ0n) is 12.7. The molecule has 2 aromatic rings. The maximum atomic E-state index is 13.2. The molecule has 0 unspecified atom stereocenters. The number of hydrogen-bond donors (Lipinski definition) is 1. The second-order valence-electron chi connectivity index (χ2n) is 5.29. The van der Waals surface area contributed by atoms with Crippen LogP contribution in [0.5, 0.6) is 0 Å². The lowest BCUT2D eigenvalue weighted by molar-refractivity contribution is -0.157. The lowest BCUT2D eigenvalue weighted by Gasteiger charge is -2.20. The van der Waals surface area contributed by atoms with Gasteiger partial charge in [0, 0.05) is 13.0 Å². The predicted octanol–water partition coefficient (Wildman–Crippen LogP) is 3.91. The lowest BCUT2D eigenvalue weighted by atomic mass is 9.95. The number of nitriles is 1. The highest BCUT2D eigenvalue weighted by Crippen LogP contribution is 2.37. The molecule has 0 aliphatic heterocycles. The molecule has 124 valence electrons. The van der Waals surface area contributed by atoms with Gasteiger partial charge in [-0.15, -0.1) is 0 Å². The summed E-state index contributed by atoms with van der Waals surface area (Å²) < 4.78 is 39.6. The average Bonchev–Trinajstić information content (AvgIpc) is 2.58. The molecule has 0 aliphatic carbocycles. The molecule has 2 aromatic carbocycles. The Balaban J connectivity index is 1.99. The van der Waals surface area contributed by atoms with Gasteiger partial charge in [-0.1, -0.05) is 42.5 Å². The second kappa shape index (κ2) is 7.64. The van der Waals surface area contributed by atoms with Crippen LogP contribution in [0.2, 0.25) is 0 Å². The highest BCUT2D eigenvalue weighted by Gasteiger charge is 2.41. The standard InChI is InChI=1S/C18H15F3N2O/c19-18(20,21)16(15-4-2-1-3-5-15)10-17(24)23-12-14-8-6-13(11-22)7-9-14/h1-9,16H,10,12H2,(H,23,24)/t16-/m1/s1. The molecule has 0 aliphatic rings. The van der Waals surface area contributed by atoms with Crippen molar-refractivity contribution in [3.05, 3.63) is 71.3 Å². The minimum absolute atomic E-state index is 0.0681. The van der Waals surface area contributed by atoms with Gasteiger partial charge in [-0.3, -0.25) is 4.79 Å². The summed E-state index contributed by atoms with van der Waals surface area (Å²) in [7, 11) is 0. The zero-order chi connectivity index (χ0) is 17.6. The van der Waals surface area contributed by atoms with Crippen molar-refractivity contribution in [2.45, 2.75) is 25.1 Å². The molecule has 0 aromatic heterocycles. The van der Waals surface area contributed by atoms with Crippen molar-refractivity contribution >= 4 is 5.91 Å². The summed E-state index contributed by atoms with van der Waals surface area (Å²) in [6, 6.07) is 15.8. The Hall–Kier alpha value is -2.81. The molecule has 0 saturated heterocycles. The van der Waals surface area contributed by atoms with Crippen molar-refractivity contribution in [1.29, 1.82) is 5.26 Å². The van der Waals surface area contributed by atoms with E-state index in [4.69, 9.17) is 5.26 Å². The monoisotopic (exact) mass is 332 g/mol. The van der Waals surface area contributed by atoms with Gasteiger partial charge in [0.2, 0.25) is 5.91 Å². The third-order valence-electron chi connectivity index (χ3n) is 3.56. The number of carbonyl (C=O) groups is 1. The van der Waals surface area contributed by atoms with Crippen molar-refractivity contribution in [2.24, 2.45) is 0 Å². The van der Waals surface area contributed by atoms with E-state index in [2.05, 4.69) is 5.32 Å². The summed E-state index contributed by atoms with van der Waals surface area (Å²) in [6.45, 7) is 0.115. The average molecular weight is 332 g/mol. The third-order valence-corrected chi connectivity index (χ3v) is 3.56. The molecule has 1 N–H and O–H groups in total. The molecule has 0 saturated carbocycles. The first-order chi connectivity index (χ1) is 11.4. The Morgan fingerprint density at radius 3 is 2.25 bits per heavy atom. The number of rotatable bonds is 5. The van der Waals surface area contributed by atoms with Crippen LogP contribution in [-0.2, 0) is 11.3 Å². The summed E-state index contributed by atoms with van der Waals surface area (Å²) in [5.41, 5.74) is 1.26. The molecular formula is C18H15F3N2O. The van der Waals surface area contributed by atoms with Crippen LogP contribution in [0.3, 0.4) is 0 Å². The van der Waals surface area contributed by atoms with Crippen LogP contribution in [-0.4, -0.2) is 12.1 Å².